The zero-order valence-corrected chi connectivity index (χ0v) is 24.1. The number of carbonyl (C=O) groups excluding carboxylic acids is 3. The standard InChI is InChI=1S/C27H14BrF12N3O4/c28-16-9-13(24(31,26(35,36)37)27(38,39)40)8-15(25(32,33)34)20(16)42-21(44)14-2-1-3-17(19(14)30)43(47-23(46)11-4-5-11)22(45)12-6-7-18(29)41-10-12/h1-3,6-11H,4-5H2,(H,42,44). The molecular formula is C27H14BrF12N3O4. The lowest BCUT2D eigenvalue weighted by molar-refractivity contribution is -0.348. The normalized spacial score (nSPS) is 14.1. The van der Waals surface area contributed by atoms with E-state index in [2.05, 4.69) is 20.9 Å². The number of halogens is 13. The first-order valence-corrected chi connectivity index (χ1v) is 13.4. The maximum Gasteiger partial charge on any atom is 0.435 e. The van der Waals surface area contributed by atoms with Gasteiger partial charge in [-0.1, -0.05) is 6.07 Å². The van der Waals surface area contributed by atoms with Gasteiger partial charge in [-0.2, -0.15) is 43.9 Å². The van der Waals surface area contributed by atoms with Crippen molar-refractivity contribution in [1.82, 2.24) is 4.98 Å². The van der Waals surface area contributed by atoms with Gasteiger partial charge in [0.2, 0.25) is 5.95 Å². The minimum atomic E-state index is -6.78. The summed E-state index contributed by atoms with van der Waals surface area (Å²) < 4.78 is 164. The molecule has 7 nitrogen and oxygen atoms in total. The van der Waals surface area contributed by atoms with Crippen molar-refractivity contribution in [3.05, 3.63) is 87.2 Å². The van der Waals surface area contributed by atoms with Crippen molar-refractivity contribution >= 4 is 45.1 Å². The van der Waals surface area contributed by atoms with Crippen LogP contribution in [0.1, 0.15) is 44.7 Å². The highest BCUT2D eigenvalue weighted by Crippen LogP contribution is 2.55. The largest absolute Gasteiger partial charge is 0.435 e. The first-order chi connectivity index (χ1) is 21.6. The maximum absolute atomic E-state index is 15.7. The second-order valence-electron chi connectivity index (χ2n) is 9.78. The summed E-state index contributed by atoms with van der Waals surface area (Å²) in [5.74, 6) is -7.57. The quantitative estimate of drug-likeness (QED) is 0.156. The summed E-state index contributed by atoms with van der Waals surface area (Å²) in [6, 6.07) is 2.80. The van der Waals surface area contributed by atoms with E-state index in [0.717, 1.165) is 24.3 Å². The number of hydroxylamine groups is 1. The average molecular weight is 752 g/mol. The molecule has 0 aliphatic heterocycles. The van der Waals surface area contributed by atoms with E-state index in [4.69, 9.17) is 4.84 Å². The van der Waals surface area contributed by atoms with Crippen LogP contribution in [-0.4, -0.2) is 35.1 Å². The summed E-state index contributed by atoms with van der Waals surface area (Å²) in [5.41, 5.74) is -15.3. The van der Waals surface area contributed by atoms with Gasteiger partial charge in [0.1, 0.15) is 5.69 Å². The zero-order chi connectivity index (χ0) is 35.3. The Labute approximate surface area is 262 Å². The fourth-order valence-corrected chi connectivity index (χ4v) is 4.54. The number of hydrogen-bond acceptors (Lipinski definition) is 5. The number of hydrogen-bond donors (Lipinski definition) is 1. The van der Waals surface area contributed by atoms with Crippen molar-refractivity contribution in [2.45, 2.75) is 37.0 Å². The molecule has 2 aromatic carbocycles. The Balaban J connectivity index is 1.78. The highest BCUT2D eigenvalue weighted by molar-refractivity contribution is 9.10. The minimum absolute atomic E-state index is 0.0721. The lowest BCUT2D eigenvalue weighted by Gasteiger charge is -2.31. The molecule has 3 aromatic rings. The Bertz CT molecular complexity index is 1710. The molecule has 1 aliphatic rings. The molecule has 252 valence electrons. The molecule has 2 amide bonds. The number of anilines is 2. The van der Waals surface area contributed by atoms with Crippen LogP contribution in [0, 0.1) is 17.7 Å². The third kappa shape index (κ3) is 7.01. The van der Waals surface area contributed by atoms with Crippen molar-refractivity contribution in [3.8, 4) is 0 Å². The van der Waals surface area contributed by atoms with Crippen molar-refractivity contribution in [1.29, 1.82) is 0 Å². The van der Waals surface area contributed by atoms with Crippen LogP contribution in [0.3, 0.4) is 0 Å². The smallest absolute Gasteiger partial charge is 0.332 e. The van der Waals surface area contributed by atoms with E-state index in [1.807, 2.05) is 0 Å². The molecule has 0 spiro atoms. The van der Waals surface area contributed by atoms with Gasteiger partial charge < -0.3 is 10.2 Å². The van der Waals surface area contributed by atoms with Crippen molar-refractivity contribution < 1.29 is 71.9 Å². The fraction of sp³-hybridized carbons (Fsp3) is 0.259. The second kappa shape index (κ2) is 12.3. The Morgan fingerprint density at radius 3 is 2.02 bits per heavy atom. The van der Waals surface area contributed by atoms with Gasteiger partial charge in [0.05, 0.1) is 28.3 Å². The average Bonchev–Trinajstić information content (AvgIpc) is 3.81. The molecule has 0 unspecified atom stereocenters. The van der Waals surface area contributed by atoms with E-state index in [0.29, 0.717) is 25.1 Å². The Hall–Kier alpha value is -4.36. The molecule has 1 heterocycles. The third-order valence-corrected chi connectivity index (χ3v) is 7.13. The van der Waals surface area contributed by atoms with Gasteiger partial charge in [-0.05, 0) is 65.2 Å². The first kappa shape index (κ1) is 35.5. The minimum Gasteiger partial charge on any atom is -0.332 e. The van der Waals surface area contributed by atoms with Crippen LogP contribution in [0.5, 0.6) is 0 Å². The summed E-state index contributed by atoms with van der Waals surface area (Å²) in [5, 5.41) is 1.58. The highest BCUT2D eigenvalue weighted by atomic mass is 79.9. The molecule has 4 rings (SSSR count). The molecule has 1 aromatic heterocycles. The van der Waals surface area contributed by atoms with Gasteiger partial charge in [0.25, 0.3) is 11.8 Å². The van der Waals surface area contributed by atoms with Crippen LogP contribution in [0.15, 0.2) is 53.1 Å². The van der Waals surface area contributed by atoms with E-state index in [1.54, 1.807) is 0 Å². The molecule has 1 saturated carbocycles. The van der Waals surface area contributed by atoms with Gasteiger partial charge >= 0.3 is 30.2 Å². The lowest BCUT2D eigenvalue weighted by atomic mass is 9.92. The predicted molar refractivity (Wildman–Crippen MR) is 138 cm³/mol. The van der Waals surface area contributed by atoms with Crippen molar-refractivity contribution in [3.63, 3.8) is 0 Å². The molecule has 20 heteroatoms. The van der Waals surface area contributed by atoms with Gasteiger partial charge in [0, 0.05) is 16.2 Å². The molecule has 0 bridgehead atoms. The first-order valence-electron chi connectivity index (χ1n) is 12.6. The van der Waals surface area contributed by atoms with Gasteiger partial charge in [-0.25, -0.2) is 18.6 Å². The number of alkyl halides is 10. The number of carbonyl (C=O) groups is 3. The Kier molecular flexibility index (Phi) is 9.32. The van der Waals surface area contributed by atoms with Gasteiger partial charge in [-0.3, -0.25) is 9.59 Å². The van der Waals surface area contributed by atoms with Crippen LogP contribution in [0.4, 0.5) is 64.1 Å². The Morgan fingerprint density at radius 1 is 0.894 bits per heavy atom. The molecule has 1 aliphatic carbocycles. The van der Waals surface area contributed by atoms with Crippen LogP contribution in [0.25, 0.3) is 0 Å². The SMILES string of the molecule is O=C(Nc1c(Br)cc(C(F)(C(F)(F)F)C(F)(F)F)cc1C(F)(F)F)c1cccc(N(OC(=O)C2CC2)C(=O)c2ccc(F)nc2)c1F. The van der Waals surface area contributed by atoms with E-state index >= 15 is 4.39 Å². The monoisotopic (exact) mass is 751 g/mol. The molecule has 0 atom stereocenters. The summed E-state index contributed by atoms with van der Waals surface area (Å²) in [4.78, 5) is 46.7. The highest BCUT2D eigenvalue weighted by Gasteiger charge is 2.73. The molecule has 47 heavy (non-hydrogen) atoms. The van der Waals surface area contributed by atoms with Crippen molar-refractivity contribution in [2.75, 3.05) is 10.4 Å². The molecule has 0 radical (unpaired) electrons. The van der Waals surface area contributed by atoms with E-state index in [-0.39, 0.29) is 11.1 Å². The number of nitrogens with one attached hydrogen (secondary N) is 1. The summed E-state index contributed by atoms with van der Waals surface area (Å²) in [6.45, 7) is 0. The van der Waals surface area contributed by atoms with E-state index in [9.17, 15) is 62.7 Å². The number of benzene rings is 2. The van der Waals surface area contributed by atoms with E-state index in [1.165, 1.54) is 5.32 Å². The summed E-state index contributed by atoms with van der Waals surface area (Å²) in [7, 11) is 0. The predicted octanol–water partition coefficient (Wildman–Crippen LogP) is 8.20. The number of aromatic nitrogens is 1. The van der Waals surface area contributed by atoms with Crippen molar-refractivity contribution in [2.24, 2.45) is 5.92 Å². The maximum atomic E-state index is 15.7. The fourth-order valence-electron chi connectivity index (χ4n) is 3.98. The Morgan fingerprint density at radius 2 is 1.51 bits per heavy atom. The molecule has 1 fully saturated rings. The number of nitrogens with zero attached hydrogens (tertiary/aromatic N) is 2. The van der Waals surface area contributed by atoms with E-state index < -0.39 is 104 Å². The van der Waals surface area contributed by atoms with Crippen LogP contribution in [0.2, 0.25) is 0 Å². The van der Waals surface area contributed by atoms with Crippen LogP contribution >= 0.6 is 15.9 Å². The molecule has 1 N–H and O–H groups in total. The summed E-state index contributed by atoms with van der Waals surface area (Å²) >= 11 is 2.32. The summed E-state index contributed by atoms with van der Waals surface area (Å²) in [6.07, 6.45) is -18.0. The van der Waals surface area contributed by atoms with Crippen LogP contribution < -0.4 is 10.4 Å². The third-order valence-electron chi connectivity index (χ3n) is 6.51. The number of pyridine rings is 1. The van der Waals surface area contributed by atoms with Gasteiger partial charge in [0.15, 0.2) is 5.82 Å². The van der Waals surface area contributed by atoms with Gasteiger partial charge in [-0.15, -0.1) is 5.06 Å². The van der Waals surface area contributed by atoms with Crippen LogP contribution in [-0.2, 0) is 21.5 Å². The molecular weight excluding hydrogens is 738 g/mol. The number of amides is 2. The molecule has 0 saturated heterocycles. The lowest BCUT2D eigenvalue weighted by Crippen LogP contribution is -2.50. The second-order valence-corrected chi connectivity index (χ2v) is 10.6. The zero-order valence-electron chi connectivity index (χ0n) is 22.6. The topological polar surface area (TPSA) is 88.6 Å². The number of rotatable bonds is 6.